The van der Waals surface area contributed by atoms with Crippen LogP contribution in [-0.4, -0.2) is 18.5 Å². The molecule has 0 aliphatic heterocycles. The minimum Gasteiger partial charge on any atom is -0.462 e. The number of hydrogen-bond donors (Lipinski definition) is 1. The Balaban J connectivity index is 2.02. The van der Waals surface area contributed by atoms with E-state index in [0.717, 1.165) is 11.1 Å². The molecule has 2 rings (SSSR count). The van der Waals surface area contributed by atoms with Gasteiger partial charge in [0.2, 0.25) is 5.91 Å². The minimum atomic E-state index is -0.477. The number of hydrogen-bond acceptors (Lipinski definition) is 3. The second-order valence-corrected chi connectivity index (χ2v) is 5.53. The number of ether oxygens (including phenoxy) is 1. The van der Waals surface area contributed by atoms with E-state index < -0.39 is 5.97 Å². The fourth-order valence-electron chi connectivity index (χ4n) is 2.06. The second kappa shape index (κ2) is 7.79. The number of amides is 1. The molecule has 120 valence electrons. The lowest BCUT2D eigenvalue weighted by Gasteiger charge is -2.08. The van der Waals surface area contributed by atoms with E-state index in [-0.39, 0.29) is 29.5 Å². The van der Waals surface area contributed by atoms with Crippen molar-refractivity contribution < 1.29 is 14.3 Å². The molecular formula is C18H18ClNO3. The molecule has 0 spiro atoms. The number of rotatable bonds is 5. The molecule has 1 amide bonds. The number of anilines is 1. The van der Waals surface area contributed by atoms with Crippen molar-refractivity contribution in [2.75, 3.05) is 11.9 Å². The third-order valence-electron chi connectivity index (χ3n) is 3.23. The smallest absolute Gasteiger partial charge is 0.339 e. The van der Waals surface area contributed by atoms with Gasteiger partial charge >= 0.3 is 5.97 Å². The number of nitrogens with one attached hydrogen (secondary N) is 1. The Morgan fingerprint density at radius 1 is 1.13 bits per heavy atom. The van der Waals surface area contributed by atoms with Crippen molar-refractivity contribution in [1.82, 2.24) is 0 Å². The Hall–Kier alpha value is -2.33. The molecule has 0 radical (unpaired) electrons. The molecule has 2 aromatic carbocycles. The highest BCUT2D eigenvalue weighted by Crippen LogP contribution is 2.22. The number of halogens is 1. The highest BCUT2D eigenvalue weighted by molar-refractivity contribution is 6.34. The Morgan fingerprint density at radius 3 is 2.43 bits per heavy atom. The van der Waals surface area contributed by atoms with E-state index in [1.54, 1.807) is 25.1 Å². The lowest BCUT2D eigenvalue weighted by atomic mass is 10.1. The maximum atomic E-state index is 12.1. The molecule has 0 saturated carbocycles. The molecule has 0 atom stereocenters. The molecule has 23 heavy (non-hydrogen) atoms. The Bertz CT molecular complexity index is 711. The van der Waals surface area contributed by atoms with Gasteiger partial charge in [-0.1, -0.05) is 41.4 Å². The van der Waals surface area contributed by atoms with Gasteiger partial charge in [0.1, 0.15) is 0 Å². The SMILES string of the molecule is CCOC(=O)c1ccc(NC(=O)Cc2ccc(C)cc2)cc1Cl. The molecule has 5 heteroatoms. The number of benzene rings is 2. The first-order valence-electron chi connectivity index (χ1n) is 7.31. The van der Waals surface area contributed by atoms with Crippen LogP contribution in [0.3, 0.4) is 0 Å². The van der Waals surface area contributed by atoms with Crippen LogP contribution in [0.5, 0.6) is 0 Å². The minimum absolute atomic E-state index is 0.145. The topological polar surface area (TPSA) is 55.4 Å². The van der Waals surface area contributed by atoms with E-state index in [0.29, 0.717) is 5.69 Å². The van der Waals surface area contributed by atoms with Crippen molar-refractivity contribution in [3.63, 3.8) is 0 Å². The van der Waals surface area contributed by atoms with E-state index in [2.05, 4.69) is 5.32 Å². The molecule has 0 saturated heterocycles. The van der Waals surface area contributed by atoms with Crippen LogP contribution in [0.4, 0.5) is 5.69 Å². The third-order valence-corrected chi connectivity index (χ3v) is 3.55. The molecule has 0 unspecified atom stereocenters. The lowest BCUT2D eigenvalue weighted by Crippen LogP contribution is -2.14. The van der Waals surface area contributed by atoms with Crippen LogP contribution in [0.1, 0.15) is 28.4 Å². The quantitative estimate of drug-likeness (QED) is 0.842. The average Bonchev–Trinajstić information content (AvgIpc) is 2.50. The average molecular weight is 332 g/mol. The number of carbonyl (C=O) groups is 2. The van der Waals surface area contributed by atoms with Crippen molar-refractivity contribution >= 4 is 29.2 Å². The zero-order valence-electron chi connectivity index (χ0n) is 13.1. The fraction of sp³-hybridized carbons (Fsp3) is 0.222. The fourth-order valence-corrected chi connectivity index (χ4v) is 2.32. The first-order chi connectivity index (χ1) is 11.0. The Kier molecular flexibility index (Phi) is 5.77. The molecule has 0 heterocycles. The maximum absolute atomic E-state index is 12.1. The van der Waals surface area contributed by atoms with Gasteiger partial charge in [-0.3, -0.25) is 4.79 Å². The first-order valence-corrected chi connectivity index (χ1v) is 7.69. The van der Waals surface area contributed by atoms with Crippen LogP contribution in [0, 0.1) is 6.92 Å². The highest BCUT2D eigenvalue weighted by Gasteiger charge is 2.12. The molecule has 0 bridgehead atoms. The molecule has 0 aromatic heterocycles. The van der Waals surface area contributed by atoms with Crippen LogP contribution in [0.25, 0.3) is 0 Å². The maximum Gasteiger partial charge on any atom is 0.339 e. The zero-order chi connectivity index (χ0) is 16.8. The summed E-state index contributed by atoms with van der Waals surface area (Å²) in [5.41, 5.74) is 2.91. The summed E-state index contributed by atoms with van der Waals surface area (Å²) in [7, 11) is 0. The van der Waals surface area contributed by atoms with Crippen molar-refractivity contribution in [3.8, 4) is 0 Å². The van der Waals surface area contributed by atoms with Gasteiger partial charge in [0, 0.05) is 5.69 Å². The van der Waals surface area contributed by atoms with Gasteiger partial charge in [-0.2, -0.15) is 0 Å². The lowest BCUT2D eigenvalue weighted by molar-refractivity contribution is -0.115. The molecule has 0 aliphatic carbocycles. The van der Waals surface area contributed by atoms with Gasteiger partial charge in [0.05, 0.1) is 23.6 Å². The predicted octanol–water partition coefficient (Wildman–Crippen LogP) is 4.01. The zero-order valence-corrected chi connectivity index (χ0v) is 13.8. The Labute approximate surface area is 140 Å². The molecule has 4 nitrogen and oxygen atoms in total. The van der Waals surface area contributed by atoms with Crippen molar-refractivity contribution in [2.45, 2.75) is 20.3 Å². The van der Waals surface area contributed by atoms with Crippen molar-refractivity contribution in [3.05, 3.63) is 64.2 Å². The molecule has 0 fully saturated rings. The number of aryl methyl sites for hydroxylation is 1. The summed E-state index contributed by atoms with van der Waals surface area (Å²) in [4.78, 5) is 23.7. The van der Waals surface area contributed by atoms with Crippen LogP contribution in [-0.2, 0) is 16.0 Å². The summed E-state index contributed by atoms with van der Waals surface area (Å²) < 4.78 is 4.91. The van der Waals surface area contributed by atoms with E-state index in [1.165, 1.54) is 0 Å². The van der Waals surface area contributed by atoms with Crippen LogP contribution >= 0.6 is 11.6 Å². The number of esters is 1. The first kappa shape index (κ1) is 17.0. The van der Waals surface area contributed by atoms with Gasteiger partial charge in [0.15, 0.2) is 0 Å². The predicted molar refractivity (Wildman–Crippen MR) is 90.9 cm³/mol. The normalized spacial score (nSPS) is 10.2. The van der Waals surface area contributed by atoms with Gasteiger partial charge < -0.3 is 10.1 Å². The summed E-state index contributed by atoms with van der Waals surface area (Å²) in [6.07, 6.45) is 0.275. The second-order valence-electron chi connectivity index (χ2n) is 5.13. The van der Waals surface area contributed by atoms with E-state index in [9.17, 15) is 9.59 Å². The van der Waals surface area contributed by atoms with Gasteiger partial charge in [-0.25, -0.2) is 4.79 Å². The molecular weight excluding hydrogens is 314 g/mol. The largest absolute Gasteiger partial charge is 0.462 e. The van der Waals surface area contributed by atoms with Gasteiger partial charge in [-0.05, 0) is 37.6 Å². The molecule has 1 N–H and O–H groups in total. The van der Waals surface area contributed by atoms with Crippen molar-refractivity contribution in [2.24, 2.45) is 0 Å². The van der Waals surface area contributed by atoms with E-state index in [1.807, 2.05) is 31.2 Å². The number of carbonyl (C=O) groups excluding carboxylic acids is 2. The summed E-state index contributed by atoms with van der Waals surface area (Å²) in [6.45, 7) is 4.01. The third kappa shape index (κ3) is 4.83. The summed E-state index contributed by atoms with van der Waals surface area (Å²) >= 11 is 6.07. The van der Waals surface area contributed by atoms with Gasteiger partial charge in [-0.15, -0.1) is 0 Å². The van der Waals surface area contributed by atoms with Crippen LogP contribution in [0.15, 0.2) is 42.5 Å². The van der Waals surface area contributed by atoms with Crippen LogP contribution < -0.4 is 5.32 Å². The summed E-state index contributed by atoms with van der Waals surface area (Å²) in [5, 5.41) is 3.02. The molecule has 0 aliphatic rings. The Morgan fingerprint density at radius 2 is 1.83 bits per heavy atom. The van der Waals surface area contributed by atoms with Crippen LogP contribution in [0.2, 0.25) is 5.02 Å². The monoisotopic (exact) mass is 331 g/mol. The summed E-state index contributed by atoms with van der Waals surface area (Å²) in [6, 6.07) is 12.5. The van der Waals surface area contributed by atoms with E-state index in [4.69, 9.17) is 16.3 Å². The standard InChI is InChI=1S/C18H18ClNO3/c1-3-23-18(22)15-9-8-14(11-16(15)19)20-17(21)10-13-6-4-12(2)5-7-13/h4-9,11H,3,10H2,1-2H3,(H,20,21). The van der Waals surface area contributed by atoms with E-state index >= 15 is 0 Å². The van der Waals surface area contributed by atoms with Gasteiger partial charge in [0.25, 0.3) is 0 Å². The van der Waals surface area contributed by atoms with Crippen molar-refractivity contribution in [1.29, 1.82) is 0 Å². The summed E-state index contributed by atoms with van der Waals surface area (Å²) in [5.74, 6) is -0.621. The molecule has 2 aromatic rings. The highest BCUT2D eigenvalue weighted by atomic mass is 35.5.